The maximum atomic E-state index is 9.82. The Morgan fingerprint density at radius 3 is 2.90 bits per heavy atom. The molecule has 4 heteroatoms. The fraction of sp³-hybridized carbons (Fsp3) is 0.471. The number of hydrogen-bond acceptors (Lipinski definition) is 3. The Kier molecular flexibility index (Phi) is 3.72. The van der Waals surface area contributed by atoms with Crippen molar-refractivity contribution in [2.24, 2.45) is 0 Å². The summed E-state index contributed by atoms with van der Waals surface area (Å²) < 4.78 is 7.54. The molecule has 112 valence electrons. The van der Waals surface area contributed by atoms with Gasteiger partial charge >= 0.3 is 0 Å². The van der Waals surface area contributed by atoms with Crippen molar-refractivity contribution >= 4 is 0 Å². The number of benzene rings is 1. The Bertz CT molecular complexity index is 659. The van der Waals surface area contributed by atoms with Gasteiger partial charge in [-0.15, -0.1) is 0 Å². The number of fused-ring (bicyclic) bond motifs is 1. The molecule has 0 saturated carbocycles. The van der Waals surface area contributed by atoms with E-state index in [9.17, 15) is 5.11 Å². The van der Waals surface area contributed by atoms with Gasteiger partial charge in [0.1, 0.15) is 5.75 Å². The summed E-state index contributed by atoms with van der Waals surface area (Å²) in [4.78, 5) is 0. The van der Waals surface area contributed by atoms with E-state index in [1.165, 1.54) is 11.1 Å². The summed E-state index contributed by atoms with van der Waals surface area (Å²) in [5, 5.41) is 14.4. The molecule has 1 aromatic heterocycles. The van der Waals surface area contributed by atoms with E-state index < -0.39 is 6.10 Å². The molecule has 1 aromatic carbocycles. The van der Waals surface area contributed by atoms with Crippen molar-refractivity contribution in [2.75, 3.05) is 6.61 Å². The minimum Gasteiger partial charge on any atom is -0.493 e. The smallest absolute Gasteiger partial charge is 0.122 e. The largest absolute Gasteiger partial charge is 0.493 e. The van der Waals surface area contributed by atoms with E-state index in [1.807, 2.05) is 18.5 Å². The van der Waals surface area contributed by atoms with Gasteiger partial charge in [0.15, 0.2) is 0 Å². The van der Waals surface area contributed by atoms with Crippen LogP contribution in [0.1, 0.15) is 41.1 Å². The summed E-state index contributed by atoms with van der Waals surface area (Å²) in [6.07, 6.45) is 1.49. The van der Waals surface area contributed by atoms with E-state index in [0.29, 0.717) is 0 Å². The van der Waals surface area contributed by atoms with Crippen LogP contribution in [0, 0.1) is 13.8 Å². The molecule has 1 aliphatic rings. The highest BCUT2D eigenvalue weighted by Crippen LogP contribution is 2.26. The molecule has 2 aromatic rings. The third-order valence-electron chi connectivity index (χ3n) is 4.22. The Labute approximate surface area is 125 Å². The highest BCUT2D eigenvalue weighted by Gasteiger charge is 2.16. The first-order chi connectivity index (χ1) is 10.1. The molecule has 0 saturated heterocycles. The van der Waals surface area contributed by atoms with Crippen LogP contribution in [-0.2, 0) is 19.4 Å². The van der Waals surface area contributed by atoms with E-state index in [4.69, 9.17) is 4.74 Å². The van der Waals surface area contributed by atoms with E-state index in [1.54, 1.807) is 6.92 Å². The second-order valence-electron chi connectivity index (χ2n) is 5.77. The predicted molar refractivity (Wildman–Crippen MR) is 81.7 cm³/mol. The molecule has 0 spiro atoms. The van der Waals surface area contributed by atoms with E-state index >= 15 is 0 Å². The fourth-order valence-corrected chi connectivity index (χ4v) is 3.16. The molecule has 0 aliphatic carbocycles. The van der Waals surface area contributed by atoms with Gasteiger partial charge in [0.25, 0.3) is 0 Å². The topological polar surface area (TPSA) is 47.3 Å². The molecule has 0 bridgehead atoms. The van der Waals surface area contributed by atoms with Crippen LogP contribution >= 0.6 is 0 Å². The summed E-state index contributed by atoms with van der Waals surface area (Å²) in [5.41, 5.74) is 5.56. The molecule has 1 unspecified atom stereocenters. The molecule has 2 heterocycles. The molecular weight excluding hydrogens is 264 g/mol. The first-order valence-electron chi connectivity index (χ1n) is 7.53. The second-order valence-corrected chi connectivity index (χ2v) is 5.77. The van der Waals surface area contributed by atoms with E-state index in [0.717, 1.165) is 48.7 Å². The average Bonchev–Trinajstić information content (AvgIpc) is 3.00. The van der Waals surface area contributed by atoms with Gasteiger partial charge in [-0.25, -0.2) is 0 Å². The van der Waals surface area contributed by atoms with Crippen LogP contribution in [0.4, 0.5) is 0 Å². The van der Waals surface area contributed by atoms with Gasteiger partial charge in [0, 0.05) is 24.2 Å². The summed E-state index contributed by atoms with van der Waals surface area (Å²) in [5.74, 6) is 1.03. The zero-order valence-corrected chi connectivity index (χ0v) is 12.9. The number of nitrogens with zero attached hydrogens (tertiary/aromatic N) is 2. The molecule has 1 atom stereocenters. The van der Waals surface area contributed by atoms with Crippen molar-refractivity contribution in [3.05, 3.63) is 46.3 Å². The monoisotopic (exact) mass is 286 g/mol. The SMILES string of the molecule is Cc1nn(CCc2ccc3c(c2)CCO3)c(C)c1C(C)O. The van der Waals surface area contributed by atoms with Gasteiger partial charge in [-0.2, -0.15) is 5.10 Å². The zero-order chi connectivity index (χ0) is 15.0. The zero-order valence-electron chi connectivity index (χ0n) is 12.9. The molecule has 1 aliphatic heterocycles. The summed E-state index contributed by atoms with van der Waals surface area (Å²) in [6, 6.07) is 6.44. The Balaban J connectivity index is 1.75. The number of aliphatic hydroxyl groups excluding tert-OH is 1. The lowest BCUT2D eigenvalue weighted by molar-refractivity contribution is 0.197. The van der Waals surface area contributed by atoms with E-state index in [2.05, 4.69) is 23.3 Å². The lowest BCUT2D eigenvalue weighted by Gasteiger charge is -2.08. The summed E-state index contributed by atoms with van der Waals surface area (Å²) in [6.45, 7) is 7.41. The lowest BCUT2D eigenvalue weighted by Crippen LogP contribution is -2.06. The van der Waals surface area contributed by atoms with Gasteiger partial charge in [-0.05, 0) is 44.4 Å². The highest BCUT2D eigenvalue weighted by atomic mass is 16.5. The van der Waals surface area contributed by atoms with Crippen LogP contribution in [-0.4, -0.2) is 21.5 Å². The fourth-order valence-electron chi connectivity index (χ4n) is 3.16. The Morgan fingerprint density at radius 2 is 2.19 bits per heavy atom. The number of aromatic nitrogens is 2. The van der Waals surface area contributed by atoms with Crippen LogP contribution in [0.25, 0.3) is 0 Å². The minimum atomic E-state index is -0.462. The van der Waals surface area contributed by atoms with Crippen molar-refractivity contribution in [3.63, 3.8) is 0 Å². The van der Waals surface area contributed by atoms with Crippen molar-refractivity contribution < 1.29 is 9.84 Å². The number of rotatable bonds is 4. The molecule has 4 nitrogen and oxygen atoms in total. The van der Waals surface area contributed by atoms with Gasteiger partial charge in [0.05, 0.1) is 18.4 Å². The average molecular weight is 286 g/mol. The highest BCUT2D eigenvalue weighted by molar-refractivity contribution is 5.39. The third-order valence-corrected chi connectivity index (χ3v) is 4.22. The van der Waals surface area contributed by atoms with Crippen molar-refractivity contribution in [1.82, 2.24) is 9.78 Å². The maximum Gasteiger partial charge on any atom is 0.122 e. The van der Waals surface area contributed by atoms with Crippen molar-refractivity contribution in [2.45, 2.75) is 46.3 Å². The first kappa shape index (κ1) is 14.1. The minimum absolute atomic E-state index is 0.462. The number of hydrogen-bond donors (Lipinski definition) is 1. The number of ether oxygens (including phenoxy) is 1. The van der Waals surface area contributed by atoms with Gasteiger partial charge < -0.3 is 9.84 Å². The summed E-state index contributed by atoms with van der Waals surface area (Å²) >= 11 is 0. The number of aryl methyl sites for hydroxylation is 3. The molecule has 0 radical (unpaired) electrons. The van der Waals surface area contributed by atoms with Crippen LogP contribution in [0.3, 0.4) is 0 Å². The quantitative estimate of drug-likeness (QED) is 0.940. The lowest BCUT2D eigenvalue weighted by atomic mass is 10.1. The molecule has 0 fully saturated rings. The van der Waals surface area contributed by atoms with Crippen molar-refractivity contribution in [1.29, 1.82) is 0 Å². The van der Waals surface area contributed by atoms with Crippen LogP contribution in [0.15, 0.2) is 18.2 Å². The third kappa shape index (κ3) is 2.68. The molecular formula is C17H22N2O2. The van der Waals surface area contributed by atoms with Crippen LogP contribution < -0.4 is 4.74 Å². The second kappa shape index (κ2) is 5.53. The van der Waals surface area contributed by atoms with Crippen LogP contribution in [0.2, 0.25) is 0 Å². The van der Waals surface area contributed by atoms with Crippen molar-refractivity contribution in [3.8, 4) is 5.75 Å². The Morgan fingerprint density at radius 1 is 1.38 bits per heavy atom. The number of aliphatic hydroxyl groups is 1. The van der Waals surface area contributed by atoms with Gasteiger partial charge in [-0.1, -0.05) is 12.1 Å². The predicted octanol–water partition coefficient (Wildman–Crippen LogP) is 2.73. The van der Waals surface area contributed by atoms with Gasteiger partial charge in [0.2, 0.25) is 0 Å². The maximum absolute atomic E-state index is 9.82. The molecule has 21 heavy (non-hydrogen) atoms. The van der Waals surface area contributed by atoms with Gasteiger partial charge in [-0.3, -0.25) is 4.68 Å². The molecule has 0 amide bonds. The normalized spacial score (nSPS) is 14.9. The molecule has 1 N–H and O–H groups in total. The molecule has 3 rings (SSSR count). The summed E-state index contributed by atoms with van der Waals surface area (Å²) in [7, 11) is 0. The van der Waals surface area contributed by atoms with E-state index in [-0.39, 0.29) is 0 Å². The first-order valence-corrected chi connectivity index (χ1v) is 7.53. The van der Waals surface area contributed by atoms with Crippen LogP contribution in [0.5, 0.6) is 5.75 Å². The Hall–Kier alpha value is -1.81. The standard InChI is InChI=1S/C17H22N2O2/c1-11-17(13(3)20)12(2)19(18-11)8-6-14-4-5-16-15(10-14)7-9-21-16/h4-5,10,13,20H,6-9H2,1-3H3.